The second-order valence-corrected chi connectivity index (χ2v) is 7.48. The van der Waals surface area contributed by atoms with Gasteiger partial charge < -0.3 is 14.5 Å². The Morgan fingerprint density at radius 3 is 3.04 bits per heavy atom. The Morgan fingerprint density at radius 2 is 2.17 bits per heavy atom. The van der Waals surface area contributed by atoms with Crippen LogP contribution < -0.4 is 14.3 Å². The first-order chi connectivity index (χ1) is 11.7. The number of benzene rings is 1. The molecule has 0 spiro atoms. The number of H-pyrrole nitrogens is 1. The van der Waals surface area contributed by atoms with Gasteiger partial charge in [0.05, 0.1) is 5.69 Å². The first-order valence-electron chi connectivity index (χ1n) is 8.60. The molecule has 0 amide bonds. The van der Waals surface area contributed by atoms with Gasteiger partial charge in [0.2, 0.25) is 6.79 Å². The van der Waals surface area contributed by atoms with Gasteiger partial charge in [-0.25, -0.2) is 0 Å². The summed E-state index contributed by atoms with van der Waals surface area (Å²) in [5.41, 5.74) is 1.90. The molecule has 1 saturated heterocycles. The Hall–Kier alpha value is -1.79. The number of hydrogen-bond donors (Lipinski definition) is 1. The Kier molecular flexibility index (Phi) is 4.33. The van der Waals surface area contributed by atoms with Crippen LogP contribution in [0.3, 0.4) is 0 Å². The van der Waals surface area contributed by atoms with Crippen molar-refractivity contribution in [2.24, 2.45) is 0 Å². The van der Waals surface area contributed by atoms with Crippen LogP contribution in [0.25, 0.3) is 11.3 Å². The molecule has 2 aliphatic rings. The van der Waals surface area contributed by atoms with Gasteiger partial charge in [-0.2, -0.15) is 0 Å². The van der Waals surface area contributed by atoms with Crippen LogP contribution in [-0.2, 0) is 6.54 Å². The molecule has 1 unspecified atom stereocenters. The van der Waals surface area contributed by atoms with E-state index in [-0.39, 0.29) is 11.7 Å². The molecule has 1 atom stereocenters. The van der Waals surface area contributed by atoms with Crippen molar-refractivity contribution in [2.75, 3.05) is 13.3 Å². The zero-order valence-electron chi connectivity index (χ0n) is 13.8. The second-order valence-electron chi connectivity index (χ2n) is 6.41. The van der Waals surface area contributed by atoms with E-state index in [1.165, 1.54) is 37.0 Å². The molecule has 128 valence electrons. The quantitative estimate of drug-likeness (QED) is 0.919. The zero-order chi connectivity index (χ0) is 16.5. The molecular formula is C18H22N2O3S. The molecule has 1 fully saturated rings. The number of thiazole rings is 1. The fraction of sp³-hybridized carbons (Fsp3) is 0.500. The third-order valence-corrected chi connectivity index (χ3v) is 5.82. The minimum absolute atomic E-state index is 0.00252. The molecule has 4 rings (SSSR count). The number of aromatic nitrogens is 1. The molecule has 0 aliphatic carbocycles. The molecule has 0 saturated carbocycles. The monoisotopic (exact) mass is 346 g/mol. The van der Waals surface area contributed by atoms with Crippen molar-refractivity contribution in [3.05, 3.63) is 32.7 Å². The summed E-state index contributed by atoms with van der Waals surface area (Å²) in [6.07, 6.45) is 4.98. The number of fused-ring (bicyclic) bond motifs is 1. The summed E-state index contributed by atoms with van der Waals surface area (Å²) in [5.74, 6) is 1.51. The predicted molar refractivity (Wildman–Crippen MR) is 94.8 cm³/mol. The van der Waals surface area contributed by atoms with Crippen LogP contribution in [-0.4, -0.2) is 29.3 Å². The fourth-order valence-electron chi connectivity index (χ4n) is 3.67. The van der Waals surface area contributed by atoms with Gasteiger partial charge in [0.1, 0.15) is 0 Å². The van der Waals surface area contributed by atoms with Crippen LogP contribution in [0.4, 0.5) is 0 Å². The minimum atomic E-state index is 0.00252. The normalized spacial score (nSPS) is 20.5. The average Bonchev–Trinajstić information content (AvgIpc) is 3.21. The number of aromatic amines is 1. The van der Waals surface area contributed by atoms with Crippen molar-refractivity contribution in [3.8, 4) is 22.8 Å². The van der Waals surface area contributed by atoms with Crippen LogP contribution in [0, 0.1) is 0 Å². The number of nitrogens with zero attached hydrogens (tertiary/aromatic N) is 1. The van der Waals surface area contributed by atoms with Gasteiger partial charge in [0.15, 0.2) is 11.5 Å². The minimum Gasteiger partial charge on any atom is -0.454 e. The van der Waals surface area contributed by atoms with Gasteiger partial charge in [0, 0.05) is 23.0 Å². The highest BCUT2D eigenvalue weighted by Crippen LogP contribution is 2.37. The van der Waals surface area contributed by atoms with E-state index in [2.05, 4.69) is 16.8 Å². The van der Waals surface area contributed by atoms with Crippen molar-refractivity contribution in [3.63, 3.8) is 0 Å². The Balaban J connectivity index is 1.64. The summed E-state index contributed by atoms with van der Waals surface area (Å²) in [7, 11) is 0. The molecular weight excluding hydrogens is 324 g/mol. The maximum atomic E-state index is 12.0. The van der Waals surface area contributed by atoms with Gasteiger partial charge in [-0.1, -0.05) is 24.7 Å². The van der Waals surface area contributed by atoms with Gasteiger partial charge in [-0.05, 0) is 44.0 Å². The van der Waals surface area contributed by atoms with Gasteiger partial charge >= 0.3 is 4.87 Å². The lowest BCUT2D eigenvalue weighted by atomic mass is 9.99. The Morgan fingerprint density at radius 1 is 1.29 bits per heavy atom. The van der Waals surface area contributed by atoms with Crippen LogP contribution >= 0.6 is 11.3 Å². The van der Waals surface area contributed by atoms with Crippen LogP contribution in [0.1, 0.15) is 37.5 Å². The van der Waals surface area contributed by atoms with E-state index in [0.29, 0.717) is 6.04 Å². The average molecular weight is 346 g/mol. The molecule has 2 aromatic rings. The summed E-state index contributed by atoms with van der Waals surface area (Å²) in [6, 6.07) is 6.48. The molecule has 24 heavy (non-hydrogen) atoms. The van der Waals surface area contributed by atoms with Crippen molar-refractivity contribution in [1.82, 2.24) is 9.88 Å². The van der Waals surface area contributed by atoms with E-state index in [9.17, 15) is 4.79 Å². The highest BCUT2D eigenvalue weighted by molar-refractivity contribution is 7.09. The van der Waals surface area contributed by atoms with Crippen LogP contribution in [0.2, 0.25) is 0 Å². The summed E-state index contributed by atoms with van der Waals surface area (Å²) in [4.78, 5) is 18.7. The Labute approximate surface area is 145 Å². The predicted octanol–water partition coefficient (Wildman–Crippen LogP) is 3.60. The lowest BCUT2D eigenvalue weighted by molar-refractivity contribution is 0.137. The number of rotatable bonds is 4. The number of nitrogens with one attached hydrogen (secondary N) is 1. The van der Waals surface area contributed by atoms with E-state index >= 15 is 0 Å². The van der Waals surface area contributed by atoms with E-state index in [1.807, 2.05) is 18.2 Å². The number of hydrogen-bond acceptors (Lipinski definition) is 5. The molecule has 0 bridgehead atoms. The van der Waals surface area contributed by atoms with Gasteiger partial charge in [-0.3, -0.25) is 9.69 Å². The highest BCUT2D eigenvalue weighted by Gasteiger charge is 2.24. The first-order valence-corrected chi connectivity index (χ1v) is 9.42. The summed E-state index contributed by atoms with van der Waals surface area (Å²) in [6.45, 7) is 4.47. The molecule has 0 radical (unpaired) electrons. The maximum absolute atomic E-state index is 12.0. The summed E-state index contributed by atoms with van der Waals surface area (Å²) in [5, 5.41) is 0. The molecule has 2 aliphatic heterocycles. The second kappa shape index (κ2) is 6.61. The van der Waals surface area contributed by atoms with Gasteiger partial charge in [0.25, 0.3) is 0 Å². The molecule has 5 nitrogen and oxygen atoms in total. The molecule has 6 heteroatoms. The van der Waals surface area contributed by atoms with Crippen molar-refractivity contribution >= 4 is 11.3 Å². The number of likely N-dealkylation sites (tertiary alicyclic amines) is 1. The standard InChI is InChI=1S/C18H22N2O3S/c1-2-13-5-3-4-8-20(13)10-16-17(19-18(21)24-16)12-6-7-14-15(9-12)23-11-22-14/h6-7,9,13H,2-5,8,10-11H2,1H3,(H,19,21). The van der Waals surface area contributed by atoms with E-state index in [4.69, 9.17) is 9.47 Å². The molecule has 1 aromatic carbocycles. The smallest absolute Gasteiger partial charge is 0.305 e. The molecule has 1 aromatic heterocycles. The molecule has 3 heterocycles. The molecule has 1 N–H and O–H groups in total. The summed E-state index contributed by atoms with van der Waals surface area (Å²) < 4.78 is 10.8. The van der Waals surface area contributed by atoms with E-state index in [0.717, 1.165) is 40.7 Å². The largest absolute Gasteiger partial charge is 0.454 e. The van der Waals surface area contributed by atoms with Crippen LogP contribution in [0.15, 0.2) is 23.0 Å². The van der Waals surface area contributed by atoms with E-state index in [1.54, 1.807) is 0 Å². The SMILES string of the molecule is CCC1CCCCN1Cc1sc(=O)[nH]c1-c1ccc2c(c1)OCO2. The Bertz CT molecular complexity index is 783. The zero-order valence-corrected chi connectivity index (χ0v) is 14.7. The first kappa shape index (κ1) is 15.7. The maximum Gasteiger partial charge on any atom is 0.305 e. The van der Waals surface area contributed by atoms with Gasteiger partial charge in [-0.15, -0.1) is 0 Å². The topological polar surface area (TPSA) is 54.6 Å². The fourth-order valence-corrected chi connectivity index (χ4v) is 4.55. The van der Waals surface area contributed by atoms with Crippen molar-refractivity contribution in [1.29, 1.82) is 0 Å². The van der Waals surface area contributed by atoms with E-state index < -0.39 is 0 Å². The van der Waals surface area contributed by atoms with Crippen molar-refractivity contribution in [2.45, 2.75) is 45.2 Å². The number of piperidine rings is 1. The number of ether oxygens (including phenoxy) is 2. The highest BCUT2D eigenvalue weighted by atomic mass is 32.1. The van der Waals surface area contributed by atoms with Crippen LogP contribution in [0.5, 0.6) is 11.5 Å². The van der Waals surface area contributed by atoms with Crippen molar-refractivity contribution < 1.29 is 9.47 Å². The third-order valence-electron chi connectivity index (χ3n) is 4.95. The summed E-state index contributed by atoms with van der Waals surface area (Å²) >= 11 is 1.32. The third kappa shape index (κ3) is 2.96. The lowest BCUT2D eigenvalue weighted by Crippen LogP contribution is -2.38. The lowest BCUT2D eigenvalue weighted by Gasteiger charge is -2.35.